The molecule has 1 aromatic carbocycles. The van der Waals surface area contributed by atoms with Gasteiger partial charge in [0.15, 0.2) is 0 Å². The van der Waals surface area contributed by atoms with E-state index in [1.807, 2.05) is 13.0 Å². The predicted octanol–water partition coefficient (Wildman–Crippen LogP) is 2.35. The van der Waals surface area contributed by atoms with Crippen molar-refractivity contribution in [2.45, 2.75) is 25.8 Å². The van der Waals surface area contributed by atoms with Crippen molar-refractivity contribution in [1.82, 2.24) is 5.32 Å². The topological polar surface area (TPSA) is 66.4 Å². The summed E-state index contributed by atoms with van der Waals surface area (Å²) in [6.45, 7) is 1.89. The van der Waals surface area contributed by atoms with Gasteiger partial charge >= 0.3 is 5.97 Å². The van der Waals surface area contributed by atoms with Crippen LogP contribution in [0.1, 0.15) is 28.8 Å². The Labute approximate surface area is 114 Å². The van der Waals surface area contributed by atoms with Gasteiger partial charge < -0.3 is 10.4 Å². The van der Waals surface area contributed by atoms with E-state index in [1.54, 1.807) is 12.1 Å². The van der Waals surface area contributed by atoms with E-state index in [1.165, 1.54) is 0 Å². The van der Waals surface area contributed by atoms with E-state index < -0.39 is 12.0 Å². The van der Waals surface area contributed by atoms with Crippen LogP contribution in [0.2, 0.25) is 0 Å². The minimum atomic E-state index is -0.961. The summed E-state index contributed by atoms with van der Waals surface area (Å²) in [7, 11) is 0. The molecule has 1 amide bonds. The van der Waals surface area contributed by atoms with Crippen molar-refractivity contribution < 1.29 is 14.7 Å². The number of carboxylic acids is 1. The highest BCUT2D eigenvalue weighted by atomic mass is 79.9. The molecule has 1 aromatic rings. The van der Waals surface area contributed by atoms with Gasteiger partial charge in [-0.1, -0.05) is 15.9 Å². The molecular weight excluding hydrogens is 298 g/mol. The molecule has 4 nitrogen and oxygen atoms in total. The molecular formula is C13H14BrNO3. The number of carboxylic acid groups (broad SMARTS) is 1. The Bertz CT molecular complexity index is 477. The Morgan fingerprint density at radius 2 is 2.06 bits per heavy atom. The second-order valence-electron chi connectivity index (χ2n) is 4.64. The minimum absolute atomic E-state index is 0.0831. The molecule has 0 radical (unpaired) electrons. The van der Waals surface area contributed by atoms with Gasteiger partial charge in [0.25, 0.3) is 5.91 Å². The highest BCUT2D eigenvalue weighted by Gasteiger charge is 2.37. The molecule has 1 fully saturated rings. The summed E-state index contributed by atoms with van der Waals surface area (Å²) in [6, 6.07) is 4.56. The van der Waals surface area contributed by atoms with Crippen LogP contribution in [0, 0.1) is 12.8 Å². The zero-order valence-electron chi connectivity index (χ0n) is 9.94. The Hall–Kier alpha value is -1.36. The minimum Gasteiger partial charge on any atom is -0.480 e. The zero-order chi connectivity index (χ0) is 13.3. The van der Waals surface area contributed by atoms with E-state index in [9.17, 15) is 9.59 Å². The summed E-state index contributed by atoms with van der Waals surface area (Å²) in [5.41, 5.74) is 1.43. The number of aliphatic carboxylic acids is 1. The Kier molecular flexibility index (Phi) is 3.71. The van der Waals surface area contributed by atoms with Crippen molar-refractivity contribution in [1.29, 1.82) is 0 Å². The lowest BCUT2D eigenvalue weighted by Gasteiger charge is -2.14. The smallest absolute Gasteiger partial charge is 0.326 e. The molecule has 5 heteroatoms. The van der Waals surface area contributed by atoms with Crippen LogP contribution < -0.4 is 5.32 Å². The van der Waals surface area contributed by atoms with E-state index in [2.05, 4.69) is 21.2 Å². The first-order valence-electron chi connectivity index (χ1n) is 5.78. The van der Waals surface area contributed by atoms with Gasteiger partial charge in [0.05, 0.1) is 0 Å². The van der Waals surface area contributed by atoms with Crippen LogP contribution in [-0.2, 0) is 4.79 Å². The van der Waals surface area contributed by atoms with Crippen LogP contribution in [0.3, 0.4) is 0 Å². The van der Waals surface area contributed by atoms with Crippen LogP contribution in [-0.4, -0.2) is 23.0 Å². The van der Waals surface area contributed by atoms with Crippen molar-refractivity contribution in [3.8, 4) is 0 Å². The summed E-state index contributed by atoms with van der Waals surface area (Å²) in [5.74, 6) is -1.21. The summed E-state index contributed by atoms with van der Waals surface area (Å²) < 4.78 is 0.811. The zero-order valence-corrected chi connectivity index (χ0v) is 11.5. The molecule has 0 aromatic heterocycles. The van der Waals surface area contributed by atoms with Crippen LogP contribution in [0.15, 0.2) is 22.7 Å². The molecule has 1 aliphatic rings. The van der Waals surface area contributed by atoms with Gasteiger partial charge in [-0.25, -0.2) is 4.79 Å². The highest BCUT2D eigenvalue weighted by molar-refractivity contribution is 9.10. The third-order valence-electron chi connectivity index (χ3n) is 2.95. The number of amides is 1. The van der Waals surface area contributed by atoms with E-state index in [4.69, 9.17) is 5.11 Å². The first-order chi connectivity index (χ1) is 8.47. The van der Waals surface area contributed by atoms with E-state index >= 15 is 0 Å². The van der Waals surface area contributed by atoms with E-state index in [-0.39, 0.29) is 11.8 Å². The average molecular weight is 312 g/mol. The number of nitrogens with one attached hydrogen (secondary N) is 1. The Balaban J connectivity index is 2.13. The molecule has 1 aliphatic carbocycles. The molecule has 0 bridgehead atoms. The van der Waals surface area contributed by atoms with Gasteiger partial charge in [0.1, 0.15) is 6.04 Å². The van der Waals surface area contributed by atoms with E-state index in [0.717, 1.165) is 22.9 Å². The van der Waals surface area contributed by atoms with Crippen molar-refractivity contribution in [3.05, 3.63) is 33.8 Å². The number of aryl methyl sites for hydroxylation is 1. The molecule has 0 saturated heterocycles. The van der Waals surface area contributed by atoms with Gasteiger partial charge in [-0.15, -0.1) is 0 Å². The number of benzene rings is 1. The predicted molar refractivity (Wildman–Crippen MR) is 70.5 cm³/mol. The summed E-state index contributed by atoms with van der Waals surface area (Å²) in [5, 5.41) is 11.7. The van der Waals surface area contributed by atoms with Crippen molar-refractivity contribution in [2.24, 2.45) is 5.92 Å². The maximum absolute atomic E-state index is 12.0. The fraction of sp³-hybridized carbons (Fsp3) is 0.385. The van der Waals surface area contributed by atoms with Crippen molar-refractivity contribution in [3.63, 3.8) is 0 Å². The normalized spacial score (nSPS) is 16.1. The quantitative estimate of drug-likeness (QED) is 0.897. The SMILES string of the molecule is Cc1cc(Br)cc(C(=O)NC(C(=O)O)C2CC2)c1. The lowest BCUT2D eigenvalue weighted by Crippen LogP contribution is -2.42. The number of hydrogen-bond donors (Lipinski definition) is 2. The lowest BCUT2D eigenvalue weighted by atomic mass is 10.1. The van der Waals surface area contributed by atoms with Crippen LogP contribution in [0.5, 0.6) is 0 Å². The molecule has 1 saturated carbocycles. The van der Waals surface area contributed by atoms with Crippen molar-refractivity contribution >= 4 is 27.8 Å². The maximum Gasteiger partial charge on any atom is 0.326 e. The molecule has 0 heterocycles. The monoisotopic (exact) mass is 311 g/mol. The molecule has 1 atom stereocenters. The molecule has 1 unspecified atom stereocenters. The molecule has 96 valence electrons. The summed E-state index contributed by atoms with van der Waals surface area (Å²) in [6.07, 6.45) is 1.74. The summed E-state index contributed by atoms with van der Waals surface area (Å²) in [4.78, 5) is 23.1. The van der Waals surface area contributed by atoms with E-state index in [0.29, 0.717) is 5.56 Å². The molecule has 2 rings (SSSR count). The van der Waals surface area contributed by atoms with Gasteiger partial charge in [-0.2, -0.15) is 0 Å². The average Bonchev–Trinajstić information content (AvgIpc) is 3.07. The Morgan fingerprint density at radius 3 is 2.56 bits per heavy atom. The van der Waals surface area contributed by atoms with Gasteiger partial charge in [0.2, 0.25) is 0 Å². The molecule has 0 aliphatic heterocycles. The number of rotatable bonds is 4. The van der Waals surface area contributed by atoms with Gasteiger partial charge in [-0.05, 0) is 49.4 Å². The maximum atomic E-state index is 12.0. The summed E-state index contributed by atoms with van der Waals surface area (Å²) >= 11 is 3.32. The fourth-order valence-corrected chi connectivity index (χ4v) is 2.51. The van der Waals surface area contributed by atoms with Gasteiger partial charge in [-0.3, -0.25) is 4.79 Å². The molecule has 0 spiro atoms. The first kappa shape index (κ1) is 13.1. The van der Waals surface area contributed by atoms with Crippen LogP contribution in [0.25, 0.3) is 0 Å². The van der Waals surface area contributed by atoms with Crippen LogP contribution >= 0.6 is 15.9 Å². The Morgan fingerprint density at radius 1 is 1.39 bits per heavy atom. The second-order valence-corrected chi connectivity index (χ2v) is 5.56. The highest BCUT2D eigenvalue weighted by Crippen LogP contribution is 2.32. The van der Waals surface area contributed by atoms with Crippen molar-refractivity contribution in [2.75, 3.05) is 0 Å². The number of hydrogen-bond acceptors (Lipinski definition) is 2. The molecule has 2 N–H and O–H groups in total. The number of carbonyl (C=O) groups excluding carboxylic acids is 1. The molecule has 18 heavy (non-hydrogen) atoms. The lowest BCUT2D eigenvalue weighted by molar-refractivity contribution is -0.139. The fourth-order valence-electron chi connectivity index (χ4n) is 1.90. The standard InChI is InChI=1S/C13H14BrNO3/c1-7-4-9(6-10(14)5-7)12(16)15-11(13(17)18)8-2-3-8/h4-6,8,11H,2-3H2,1H3,(H,15,16)(H,17,18). The largest absolute Gasteiger partial charge is 0.480 e. The third-order valence-corrected chi connectivity index (χ3v) is 3.41. The van der Waals surface area contributed by atoms with Gasteiger partial charge in [0, 0.05) is 10.0 Å². The first-order valence-corrected chi connectivity index (χ1v) is 6.57. The third kappa shape index (κ3) is 3.10. The number of carbonyl (C=O) groups is 2. The van der Waals surface area contributed by atoms with Crippen LogP contribution in [0.4, 0.5) is 0 Å². The second kappa shape index (κ2) is 5.10. The number of halogens is 1.